The number of hydrogen-bond donors (Lipinski definition) is 1. The van der Waals surface area contributed by atoms with Gasteiger partial charge in [0, 0.05) is 25.2 Å². The van der Waals surface area contributed by atoms with Gasteiger partial charge in [0.1, 0.15) is 0 Å². The van der Waals surface area contributed by atoms with Crippen LogP contribution < -0.4 is 5.73 Å². The molecule has 0 spiro atoms. The Kier molecular flexibility index (Phi) is 4.99. The number of carbonyl (C=O) groups excluding carboxylic acids is 1. The highest BCUT2D eigenvalue weighted by atomic mass is 16.2. The largest absolute Gasteiger partial charge is 0.337 e. The number of aryl methyl sites for hydroxylation is 1. The van der Waals surface area contributed by atoms with Crippen LogP contribution in [0.25, 0.3) is 0 Å². The molecule has 0 saturated heterocycles. The molecule has 0 radical (unpaired) electrons. The zero-order valence-corrected chi connectivity index (χ0v) is 10.1. The number of rotatable bonds is 5. The number of hydrogen-bond acceptors (Lipinski definition) is 2. The Bertz CT molecular complexity index is 326. The topological polar surface area (TPSA) is 46.3 Å². The lowest BCUT2D eigenvalue weighted by atomic mass is 10.1. The Morgan fingerprint density at radius 1 is 1.25 bits per heavy atom. The van der Waals surface area contributed by atoms with Gasteiger partial charge in [0.25, 0.3) is 5.91 Å². The van der Waals surface area contributed by atoms with Gasteiger partial charge in [0.05, 0.1) is 0 Å². The molecule has 0 aromatic heterocycles. The van der Waals surface area contributed by atoms with Gasteiger partial charge in [-0.05, 0) is 25.5 Å². The van der Waals surface area contributed by atoms with Gasteiger partial charge < -0.3 is 10.6 Å². The Hall–Kier alpha value is -1.35. The zero-order valence-electron chi connectivity index (χ0n) is 10.1. The second-order valence-corrected chi connectivity index (χ2v) is 3.95. The molecule has 0 aliphatic heterocycles. The fourth-order valence-corrected chi connectivity index (χ4v) is 1.62. The average molecular weight is 220 g/mol. The molecule has 1 aromatic carbocycles. The summed E-state index contributed by atoms with van der Waals surface area (Å²) in [7, 11) is 0. The first-order chi connectivity index (χ1) is 7.69. The number of nitrogens with two attached hydrogens (primary N) is 1. The molecule has 16 heavy (non-hydrogen) atoms. The predicted molar refractivity (Wildman–Crippen MR) is 66.4 cm³/mol. The third kappa shape index (κ3) is 3.35. The third-order valence-corrected chi connectivity index (χ3v) is 2.48. The van der Waals surface area contributed by atoms with Crippen molar-refractivity contribution in [1.29, 1.82) is 0 Å². The van der Waals surface area contributed by atoms with Crippen molar-refractivity contribution in [2.45, 2.75) is 20.3 Å². The highest BCUT2D eigenvalue weighted by molar-refractivity contribution is 5.94. The van der Waals surface area contributed by atoms with E-state index in [1.807, 2.05) is 36.1 Å². The molecule has 0 heterocycles. The van der Waals surface area contributed by atoms with Crippen molar-refractivity contribution in [1.82, 2.24) is 4.90 Å². The zero-order chi connectivity index (χ0) is 12.0. The summed E-state index contributed by atoms with van der Waals surface area (Å²) in [5.41, 5.74) is 7.41. The summed E-state index contributed by atoms with van der Waals surface area (Å²) in [5.74, 6) is 0.0762. The number of carbonyl (C=O) groups is 1. The standard InChI is InChI=1S/C13H20N2O/c1-3-9-15(10-8-14)13(16)12-6-4-11(2)5-7-12/h4-7H,3,8-10,14H2,1-2H3. The predicted octanol–water partition coefficient (Wildman–Crippen LogP) is 1.81. The SMILES string of the molecule is CCCN(CCN)C(=O)c1ccc(C)cc1. The molecule has 0 bridgehead atoms. The first-order valence-electron chi connectivity index (χ1n) is 5.75. The summed E-state index contributed by atoms with van der Waals surface area (Å²) in [6, 6.07) is 7.66. The van der Waals surface area contributed by atoms with Crippen molar-refractivity contribution >= 4 is 5.91 Å². The molecule has 3 heteroatoms. The molecular formula is C13H20N2O. The lowest BCUT2D eigenvalue weighted by Crippen LogP contribution is -2.35. The lowest BCUT2D eigenvalue weighted by molar-refractivity contribution is 0.0760. The molecule has 0 unspecified atom stereocenters. The first-order valence-corrected chi connectivity index (χ1v) is 5.75. The summed E-state index contributed by atoms with van der Waals surface area (Å²) >= 11 is 0. The van der Waals surface area contributed by atoms with E-state index in [0.717, 1.165) is 24.1 Å². The Balaban J connectivity index is 2.77. The Labute approximate surface area is 97.2 Å². The summed E-state index contributed by atoms with van der Waals surface area (Å²) < 4.78 is 0. The fraction of sp³-hybridized carbons (Fsp3) is 0.462. The maximum atomic E-state index is 12.1. The molecule has 88 valence electrons. The molecule has 1 amide bonds. The van der Waals surface area contributed by atoms with E-state index in [1.165, 1.54) is 0 Å². The molecule has 3 nitrogen and oxygen atoms in total. The van der Waals surface area contributed by atoms with E-state index in [9.17, 15) is 4.79 Å². The Morgan fingerprint density at radius 3 is 2.38 bits per heavy atom. The van der Waals surface area contributed by atoms with Crippen molar-refractivity contribution in [2.24, 2.45) is 5.73 Å². The minimum Gasteiger partial charge on any atom is -0.337 e. The molecule has 1 rings (SSSR count). The van der Waals surface area contributed by atoms with Crippen molar-refractivity contribution < 1.29 is 4.79 Å². The van der Waals surface area contributed by atoms with Crippen LogP contribution in [0.1, 0.15) is 29.3 Å². The highest BCUT2D eigenvalue weighted by Gasteiger charge is 2.13. The van der Waals surface area contributed by atoms with E-state index in [0.29, 0.717) is 13.1 Å². The van der Waals surface area contributed by atoms with Crippen LogP contribution in [0, 0.1) is 6.92 Å². The fourth-order valence-electron chi connectivity index (χ4n) is 1.62. The van der Waals surface area contributed by atoms with Gasteiger partial charge in [-0.3, -0.25) is 4.79 Å². The quantitative estimate of drug-likeness (QED) is 0.822. The lowest BCUT2D eigenvalue weighted by Gasteiger charge is -2.21. The van der Waals surface area contributed by atoms with E-state index in [1.54, 1.807) is 0 Å². The van der Waals surface area contributed by atoms with Crippen LogP contribution in [0.15, 0.2) is 24.3 Å². The molecule has 2 N–H and O–H groups in total. The van der Waals surface area contributed by atoms with Crippen LogP contribution in [-0.4, -0.2) is 30.4 Å². The average Bonchev–Trinajstić information content (AvgIpc) is 2.29. The van der Waals surface area contributed by atoms with Crippen LogP contribution in [0.3, 0.4) is 0 Å². The molecule has 0 aliphatic carbocycles. The van der Waals surface area contributed by atoms with Gasteiger partial charge >= 0.3 is 0 Å². The summed E-state index contributed by atoms with van der Waals surface area (Å²) in [6.45, 7) is 5.98. The van der Waals surface area contributed by atoms with E-state index < -0.39 is 0 Å². The maximum Gasteiger partial charge on any atom is 0.253 e. The van der Waals surface area contributed by atoms with Gasteiger partial charge in [-0.2, -0.15) is 0 Å². The molecule has 0 saturated carbocycles. The molecule has 0 atom stereocenters. The molecule has 0 aliphatic rings. The van der Waals surface area contributed by atoms with Crippen molar-refractivity contribution in [3.63, 3.8) is 0 Å². The Morgan fingerprint density at radius 2 is 1.88 bits per heavy atom. The van der Waals surface area contributed by atoms with E-state index in [2.05, 4.69) is 6.92 Å². The monoisotopic (exact) mass is 220 g/mol. The van der Waals surface area contributed by atoms with Crippen LogP contribution in [0.4, 0.5) is 0 Å². The van der Waals surface area contributed by atoms with Crippen molar-refractivity contribution in [3.8, 4) is 0 Å². The van der Waals surface area contributed by atoms with Gasteiger partial charge in [-0.1, -0.05) is 24.6 Å². The van der Waals surface area contributed by atoms with E-state index in [4.69, 9.17) is 5.73 Å². The normalized spacial score (nSPS) is 10.2. The van der Waals surface area contributed by atoms with Crippen LogP contribution in [-0.2, 0) is 0 Å². The summed E-state index contributed by atoms with van der Waals surface area (Å²) in [4.78, 5) is 13.9. The molecular weight excluding hydrogens is 200 g/mol. The summed E-state index contributed by atoms with van der Waals surface area (Å²) in [5, 5.41) is 0. The second-order valence-electron chi connectivity index (χ2n) is 3.95. The second kappa shape index (κ2) is 6.28. The van der Waals surface area contributed by atoms with E-state index in [-0.39, 0.29) is 5.91 Å². The number of amides is 1. The maximum absolute atomic E-state index is 12.1. The minimum atomic E-state index is 0.0762. The number of benzene rings is 1. The van der Waals surface area contributed by atoms with E-state index >= 15 is 0 Å². The number of nitrogens with zero attached hydrogens (tertiary/aromatic N) is 1. The minimum absolute atomic E-state index is 0.0762. The third-order valence-electron chi connectivity index (χ3n) is 2.48. The van der Waals surface area contributed by atoms with Gasteiger partial charge in [0.2, 0.25) is 0 Å². The highest BCUT2D eigenvalue weighted by Crippen LogP contribution is 2.07. The summed E-state index contributed by atoms with van der Waals surface area (Å²) in [6.07, 6.45) is 0.956. The first kappa shape index (κ1) is 12.7. The van der Waals surface area contributed by atoms with Gasteiger partial charge in [-0.25, -0.2) is 0 Å². The van der Waals surface area contributed by atoms with Crippen LogP contribution in [0.2, 0.25) is 0 Å². The van der Waals surface area contributed by atoms with Gasteiger partial charge in [0.15, 0.2) is 0 Å². The van der Waals surface area contributed by atoms with Crippen molar-refractivity contribution in [3.05, 3.63) is 35.4 Å². The van der Waals surface area contributed by atoms with Gasteiger partial charge in [-0.15, -0.1) is 0 Å². The van der Waals surface area contributed by atoms with Crippen LogP contribution in [0.5, 0.6) is 0 Å². The smallest absolute Gasteiger partial charge is 0.253 e. The molecule has 0 fully saturated rings. The van der Waals surface area contributed by atoms with Crippen LogP contribution >= 0.6 is 0 Å². The molecule has 1 aromatic rings. The van der Waals surface area contributed by atoms with Crippen molar-refractivity contribution in [2.75, 3.05) is 19.6 Å².